The Bertz CT molecular complexity index is 627. The summed E-state index contributed by atoms with van der Waals surface area (Å²) in [5.41, 5.74) is 0.752. The molecule has 1 atom stereocenters. The Morgan fingerprint density at radius 1 is 1.35 bits per heavy atom. The lowest BCUT2D eigenvalue weighted by atomic mass is 10.1. The first kappa shape index (κ1) is 15.8. The highest BCUT2D eigenvalue weighted by atomic mass is 19.1. The summed E-state index contributed by atoms with van der Waals surface area (Å²) in [6.45, 7) is 7.22. The van der Waals surface area contributed by atoms with Crippen LogP contribution in [0.1, 0.15) is 12.6 Å². The smallest absolute Gasteiger partial charge is 0.213 e. The SMILES string of the molecule is CC#CCN1CC(Cc2cccc(F)n2)N=C1N1CCNCC1. The van der Waals surface area contributed by atoms with Crippen LogP contribution in [0.3, 0.4) is 0 Å². The monoisotopic (exact) mass is 315 g/mol. The Hall–Kier alpha value is -2.13. The highest BCUT2D eigenvalue weighted by Crippen LogP contribution is 2.16. The first-order valence-electron chi connectivity index (χ1n) is 8.05. The van der Waals surface area contributed by atoms with Crippen LogP contribution in [-0.2, 0) is 6.42 Å². The lowest BCUT2D eigenvalue weighted by molar-refractivity contribution is 0.313. The number of pyridine rings is 1. The molecular weight excluding hydrogens is 293 g/mol. The second-order valence-corrected chi connectivity index (χ2v) is 5.78. The summed E-state index contributed by atoms with van der Waals surface area (Å²) in [5, 5.41) is 3.36. The third kappa shape index (κ3) is 3.99. The van der Waals surface area contributed by atoms with E-state index in [9.17, 15) is 4.39 Å². The maximum Gasteiger partial charge on any atom is 0.213 e. The molecule has 1 aromatic heterocycles. The average Bonchev–Trinajstić information content (AvgIpc) is 2.96. The molecule has 3 rings (SSSR count). The van der Waals surface area contributed by atoms with E-state index in [2.05, 4.69) is 31.9 Å². The van der Waals surface area contributed by atoms with Crippen molar-refractivity contribution in [2.24, 2.45) is 4.99 Å². The van der Waals surface area contributed by atoms with Crippen LogP contribution in [0.4, 0.5) is 4.39 Å². The lowest BCUT2D eigenvalue weighted by Crippen LogP contribution is -2.51. The van der Waals surface area contributed by atoms with E-state index in [1.165, 1.54) is 6.07 Å². The molecule has 0 aliphatic carbocycles. The number of hydrogen-bond acceptors (Lipinski definition) is 5. The van der Waals surface area contributed by atoms with E-state index in [0.717, 1.165) is 44.4 Å². The summed E-state index contributed by atoms with van der Waals surface area (Å²) in [7, 11) is 0. The van der Waals surface area contributed by atoms with Gasteiger partial charge >= 0.3 is 0 Å². The molecule has 1 aromatic rings. The minimum absolute atomic E-state index is 0.104. The fourth-order valence-corrected chi connectivity index (χ4v) is 2.99. The summed E-state index contributed by atoms with van der Waals surface area (Å²) in [6, 6.07) is 5.04. The van der Waals surface area contributed by atoms with Gasteiger partial charge in [-0.15, -0.1) is 5.92 Å². The standard InChI is InChI=1S/C17H22FN5/c1-2-3-9-23-13-15(12-14-5-4-6-16(18)20-14)21-17(23)22-10-7-19-8-11-22/h4-6,15,19H,7-13H2,1H3. The highest BCUT2D eigenvalue weighted by Gasteiger charge is 2.29. The van der Waals surface area contributed by atoms with E-state index >= 15 is 0 Å². The van der Waals surface area contributed by atoms with Crippen molar-refractivity contribution in [3.8, 4) is 11.8 Å². The minimum Gasteiger partial charge on any atom is -0.340 e. The summed E-state index contributed by atoms with van der Waals surface area (Å²) >= 11 is 0. The molecule has 2 aliphatic rings. The van der Waals surface area contributed by atoms with Gasteiger partial charge in [-0.3, -0.25) is 0 Å². The molecule has 6 heteroatoms. The topological polar surface area (TPSA) is 43.8 Å². The van der Waals surface area contributed by atoms with Gasteiger partial charge < -0.3 is 15.1 Å². The number of nitrogens with zero attached hydrogens (tertiary/aromatic N) is 4. The molecular formula is C17H22FN5. The molecule has 0 amide bonds. The second-order valence-electron chi connectivity index (χ2n) is 5.78. The third-order valence-electron chi connectivity index (χ3n) is 4.08. The van der Waals surface area contributed by atoms with Gasteiger partial charge in [0, 0.05) is 44.8 Å². The lowest BCUT2D eigenvalue weighted by Gasteiger charge is -2.33. The van der Waals surface area contributed by atoms with Gasteiger partial charge in [0.05, 0.1) is 12.6 Å². The molecule has 0 spiro atoms. The Morgan fingerprint density at radius 2 is 2.17 bits per heavy atom. The summed E-state index contributed by atoms with van der Waals surface area (Å²) < 4.78 is 13.3. The number of halogens is 1. The number of hydrogen-bond donors (Lipinski definition) is 1. The Kier molecular flexibility index (Phi) is 5.09. The Morgan fingerprint density at radius 3 is 2.91 bits per heavy atom. The molecule has 1 N–H and O–H groups in total. The number of piperazine rings is 1. The van der Waals surface area contributed by atoms with Crippen LogP contribution in [0.2, 0.25) is 0 Å². The van der Waals surface area contributed by atoms with Gasteiger partial charge in [-0.05, 0) is 19.1 Å². The molecule has 1 saturated heterocycles. The van der Waals surface area contributed by atoms with Gasteiger partial charge in [0.2, 0.25) is 5.95 Å². The van der Waals surface area contributed by atoms with Crippen LogP contribution in [0.5, 0.6) is 0 Å². The van der Waals surface area contributed by atoms with Gasteiger partial charge in [0.25, 0.3) is 0 Å². The molecule has 122 valence electrons. The van der Waals surface area contributed by atoms with Crippen LogP contribution >= 0.6 is 0 Å². The second kappa shape index (κ2) is 7.42. The maximum atomic E-state index is 13.3. The van der Waals surface area contributed by atoms with Gasteiger partial charge in [-0.2, -0.15) is 4.39 Å². The zero-order chi connectivity index (χ0) is 16.1. The van der Waals surface area contributed by atoms with Crippen molar-refractivity contribution in [1.82, 2.24) is 20.1 Å². The van der Waals surface area contributed by atoms with Gasteiger partial charge in [0.15, 0.2) is 5.96 Å². The van der Waals surface area contributed by atoms with Crippen molar-refractivity contribution in [1.29, 1.82) is 0 Å². The predicted molar refractivity (Wildman–Crippen MR) is 88.6 cm³/mol. The molecule has 1 fully saturated rings. The summed E-state index contributed by atoms with van der Waals surface area (Å²) in [5.74, 6) is 6.67. The predicted octanol–water partition coefficient (Wildman–Crippen LogP) is 0.732. The Labute approximate surface area is 136 Å². The third-order valence-corrected chi connectivity index (χ3v) is 4.08. The zero-order valence-corrected chi connectivity index (χ0v) is 13.4. The van der Waals surface area contributed by atoms with Gasteiger partial charge in [-0.1, -0.05) is 12.0 Å². The van der Waals surface area contributed by atoms with Crippen LogP contribution in [0, 0.1) is 17.8 Å². The average molecular weight is 315 g/mol. The molecule has 0 bridgehead atoms. The van der Waals surface area contributed by atoms with Crippen LogP contribution in [0.25, 0.3) is 0 Å². The van der Waals surface area contributed by atoms with Gasteiger partial charge in [0.1, 0.15) is 0 Å². The maximum absolute atomic E-state index is 13.3. The van der Waals surface area contributed by atoms with E-state index in [1.807, 2.05) is 13.0 Å². The normalized spacial score (nSPS) is 21.0. The Balaban J connectivity index is 1.73. The quantitative estimate of drug-likeness (QED) is 0.660. The molecule has 3 heterocycles. The number of aromatic nitrogens is 1. The molecule has 0 saturated carbocycles. The van der Waals surface area contributed by atoms with Crippen molar-refractivity contribution < 1.29 is 4.39 Å². The number of nitrogens with one attached hydrogen (secondary N) is 1. The summed E-state index contributed by atoms with van der Waals surface area (Å²) in [4.78, 5) is 13.4. The molecule has 0 radical (unpaired) electrons. The number of aliphatic imine (C=N–C) groups is 1. The van der Waals surface area contributed by atoms with Crippen molar-refractivity contribution in [2.75, 3.05) is 39.3 Å². The van der Waals surface area contributed by atoms with Crippen LogP contribution in [-0.4, -0.2) is 66.1 Å². The van der Waals surface area contributed by atoms with E-state index in [4.69, 9.17) is 4.99 Å². The summed E-state index contributed by atoms with van der Waals surface area (Å²) in [6.07, 6.45) is 0.656. The molecule has 2 aliphatic heterocycles. The number of rotatable bonds is 3. The first-order chi connectivity index (χ1) is 11.3. The molecule has 0 aromatic carbocycles. The van der Waals surface area contributed by atoms with Crippen molar-refractivity contribution in [3.63, 3.8) is 0 Å². The van der Waals surface area contributed by atoms with E-state index in [0.29, 0.717) is 13.0 Å². The van der Waals surface area contributed by atoms with E-state index in [1.54, 1.807) is 6.07 Å². The van der Waals surface area contributed by atoms with Crippen molar-refractivity contribution >= 4 is 5.96 Å². The fraction of sp³-hybridized carbons (Fsp3) is 0.529. The van der Waals surface area contributed by atoms with Crippen LogP contribution in [0.15, 0.2) is 23.2 Å². The molecule has 5 nitrogen and oxygen atoms in total. The number of guanidine groups is 1. The van der Waals surface area contributed by atoms with Gasteiger partial charge in [-0.25, -0.2) is 9.98 Å². The molecule has 1 unspecified atom stereocenters. The zero-order valence-electron chi connectivity index (χ0n) is 13.4. The van der Waals surface area contributed by atoms with Crippen molar-refractivity contribution in [3.05, 3.63) is 29.8 Å². The minimum atomic E-state index is -0.430. The highest BCUT2D eigenvalue weighted by molar-refractivity contribution is 5.82. The van der Waals surface area contributed by atoms with Crippen molar-refractivity contribution in [2.45, 2.75) is 19.4 Å². The molecule has 23 heavy (non-hydrogen) atoms. The largest absolute Gasteiger partial charge is 0.340 e. The first-order valence-corrected chi connectivity index (χ1v) is 8.05. The van der Waals surface area contributed by atoms with Crippen LogP contribution < -0.4 is 5.32 Å². The van der Waals surface area contributed by atoms with E-state index in [-0.39, 0.29) is 6.04 Å². The fourth-order valence-electron chi connectivity index (χ4n) is 2.99. The van der Waals surface area contributed by atoms with E-state index < -0.39 is 5.95 Å².